The Morgan fingerprint density at radius 2 is 1.89 bits per heavy atom. The lowest BCUT2D eigenvalue weighted by atomic mass is 10.0. The number of anilines is 1. The van der Waals surface area contributed by atoms with Crippen molar-refractivity contribution in [2.75, 3.05) is 11.9 Å². The van der Waals surface area contributed by atoms with Gasteiger partial charge in [0.15, 0.2) is 5.11 Å². The molecule has 0 unspecified atom stereocenters. The Morgan fingerprint density at radius 3 is 2.66 bits per heavy atom. The number of halogens is 2. The van der Waals surface area contributed by atoms with Gasteiger partial charge in [-0.2, -0.15) is 0 Å². The molecule has 1 aliphatic heterocycles. The Labute approximate surface area is 237 Å². The van der Waals surface area contributed by atoms with E-state index in [-0.39, 0.29) is 24.4 Å². The molecule has 0 spiro atoms. The summed E-state index contributed by atoms with van der Waals surface area (Å²) in [6.45, 7) is 2.47. The van der Waals surface area contributed by atoms with E-state index in [0.29, 0.717) is 33.2 Å². The number of nitrogens with zero attached hydrogens (tertiary/aromatic N) is 2. The second kappa shape index (κ2) is 11.6. The third kappa shape index (κ3) is 5.55. The van der Waals surface area contributed by atoms with Gasteiger partial charge in [-0.05, 0) is 72.7 Å². The molecule has 1 fully saturated rings. The Morgan fingerprint density at radius 1 is 1.08 bits per heavy atom. The predicted octanol–water partition coefficient (Wildman–Crippen LogP) is 7.21. The first kappa shape index (κ1) is 26.2. The maximum absolute atomic E-state index is 12.9. The number of para-hydroxylation sites is 1. The van der Waals surface area contributed by atoms with Crippen LogP contribution >= 0.6 is 35.4 Å². The average Bonchev–Trinajstić information content (AvgIpc) is 3.54. The Bertz CT molecular complexity index is 1460. The fraction of sp³-hybridized carbons (Fsp3) is 0.207. The summed E-state index contributed by atoms with van der Waals surface area (Å²) in [5.74, 6) is 1.28. The van der Waals surface area contributed by atoms with E-state index in [4.69, 9.17) is 39.8 Å². The topological polar surface area (TPSA) is 70.4 Å². The molecular formula is C29H26Cl2N4O2S. The van der Waals surface area contributed by atoms with Crippen molar-refractivity contribution in [3.05, 3.63) is 106 Å². The van der Waals surface area contributed by atoms with Crippen molar-refractivity contribution in [1.82, 2.24) is 15.2 Å². The molecule has 3 heterocycles. The number of nitrogens with one attached hydrogen (secondary N) is 2. The molecular weight excluding hydrogens is 539 g/mol. The monoisotopic (exact) mass is 564 g/mol. The molecule has 1 amide bonds. The highest BCUT2D eigenvalue weighted by Crippen LogP contribution is 2.41. The second-order valence-electron chi connectivity index (χ2n) is 8.96. The minimum absolute atomic E-state index is 0.0790. The molecule has 2 aromatic heterocycles. The summed E-state index contributed by atoms with van der Waals surface area (Å²) in [6.07, 6.45) is 2.84. The zero-order valence-electron chi connectivity index (χ0n) is 20.7. The standard InChI is InChI=1S/C29H26Cl2N4O2S/c1-2-18-7-3-4-8-22(18)33-26(36)14-16-35-28(27(34-29(35)38)23-9-5-6-15-32-23)25-13-12-24(37-25)19-10-11-20(30)21(31)17-19/h3-13,15,17,27-28H,2,14,16H2,1H3,(H,33,36)(H,34,38)/t27-,28+/m0/s1. The minimum atomic E-state index is -0.301. The number of aryl methyl sites for hydroxylation is 1. The molecule has 9 heteroatoms. The third-order valence-electron chi connectivity index (χ3n) is 6.57. The van der Waals surface area contributed by atoms with Gasteiger partial charge in [0.1, 0.15) is 17.6 Å². The van der Waals surface area contributed by atoms with Gasteiger partial charge in [-0.25, -0.2) is 0 Å². The molecule has 0 radical (unpaired) electrons. The number of aromatic nitrogens is 1. The highest BCUT2D eigenvalue weighted by Gasteiger charge is 2.41. The largest absolute Gasteiger partial charge is 0.459 e. The highest BCUT2D eigenvalue weighted by molar-refractivity contribution is 7.80. The summed E-state index contributed by atoms with van der Waals surface area (Å²) in [6, 6.07) is 22.3. The zero-order valence-corrected chi connectivity index (χ0v) is 23.0. The number of hydrogen-bond acceptors (Lipinski definition) is 4. The zero-order chi connectivity index (χ0) is 26.6. The number of rotatable bonds is 8. The van der Waals surface area contributed by atoms with Crippen LogP contribution in [0.15, 0.2) is 83.4 Å². The molecule has 6 nitrogen and oxygen atoms in total. The van der Waals surface area contributed by atoms with E-state index in [1.807, 2.05) is 65.6 Å². The third-order valence-corrected chi connectivity index (χ3v) is 7.66. The van der Waals surface area contributed by atoms with E-state index < -0.39 is 0 Å². The molecule has 38 heavy (non-hydrogen) atoms. The molecule has 194 valence electrons. The maximum Gasteiger partial charge on any atom is 0.226 e. The van der Waals surface area contributed by atoms with Crippen LogP contribution in [0.1, 0.15) is 42.4 Å². The van der Waals surface area contributed by atoms with Crippen LogP contribution in [0.25, 0.3) is 11.3 Å². The summed E-state index contributed by atoms with van der Waals surface area (Å²) in [5, 5.41) is 7.91. The second-order valence-corrected chi connectivity index (χ2v) is 10.2. The van der Waals surface area contributed by atoms with Gasteiger partial charge in [0.25, 0.3) is 0 Å². The molecule has 1 saturated heterocycles. The van der Waals surface area contributed by atoms with Crippen molar-refractivity contribution in [3.8, 4) is 11.3 Å². The van der Waals surface area contributed by atoms with Gasteiger partial charge in [0.2, 0.25) is 5.91 Å². The number of amides is 1. The minimum Gasteiger partial charge on any atom is -0.459 e. The maximum atomic E-state index is 12.9. The first-order chi connectivity index (χ1) is 18.4. The van der Waals surface area contributed by atoms with E-state index in [2.05, 4.69) is 22.5 Å². The van der Waals surface area contributed by atoms with Crippen molar-refractivity contribution < 1.29 is 9.21 Å². The van der Waals surface area contributed by atoms with Crippen LogP contribution in [-0.2, 0) is 11.2 Å². The number of benzene rings is 2. The van der Waals surface area contributed by atoms with E-state index in [0.717, 1.165) is 28.9 Å². The molecule has 2 N–H and O–H groups in total. The van der Waals surface area contributed by atoms with Crippen molar-refractivity contribution >= 4 is 52.1 Å². The molecule has 4 aromatic rings. The molecule has 2 atom stereocenters. The molecule has 0 aliphatic carbocycles. The summed E-state index contributed by atoms with van der Waals surface area (Å²) >= 11 is 18.1. The summed E-state index contributed by atoms with van der Waals surface area (Å²) in [7, 11) is 0. The molecule has 2 aromatic carbocycles. The number of furan rings is 1. The van der Waals surface area contributed by atoms with Crippen LogP contribution in [0.5, 0.6) is 0 Å². The van der Waals surface area contributed by atoms with Crippen LogP contribution in [0.3, 0.4) is 0 Å². The van der Waals surface area contributed by atoms with Gasteiger partial charge in [-0.3, -0.25) is 9.78 Å². The molecule has 1 aliphatic rings. The van der Waals surface area contributed by atoms with Crippen molar-refractivity contribution in [1.29, 1.82) is 0 Å². The Kier molecular flexibility index (Phi) is 7.98. The van der Waals surface area contributed by atoms with Crippen molar-refractivity contribution in [2.45, 2.75) is 31.8 Å². The Balaban J connectivity index is 1.40. The number of thiocarbonyl (C=S) groups is 1. The first-order valence-corrected chi connectivity index (χ1v) is 13.5. The van der Waals surface area contributed by atoms with E-state index >= 15 is 0 Å². The number of hydrogen-bond donors (Lipinski definition) is 2. The number of pyridine rings is 1. The van der Waals surface area contributed by atoms with E-state index in [9.17, 15) is 4.79 Å². The van der Waals surface area contributed by atoms with Crippen molar-refractivity contribution in [2.24, 2.45) is 0 Å². The highest BCUT2D eigenvalue weighted by atomic mass is 35.5. The fourth-order valence-electron chi connectivity index (χ4n) is 4.66. The molecule has 0 saturated carbocycles. The lowest BCUT2D eigenvalue weighted by Crippen LogP contribution is -2.32. The van der Waals surface area contributed by atoms with Crippen LogP contribution in [0, 0.1) is 0 Å². The number of carbonyl (C=O) groups excluding carboxylic acids is 1. The SMILES string of the molecule is CCc1ccccc1NC(=O)CCN1C(=S)N[C@@H](c2ccccn2)[C@H]1c1ccc(-c2ccc(Cl)c(Cl)c2)o1. The fourth-order valence-corrected chi connectivity index (χ4v) is 5.29. The normalized spacial score (nSPS) is 16.9. The van der Waals surface area contributed by atoms with Gasteiger partial charge in [0, 0.05) is 30.4 Å². The van der Waals surface area contributed by atoms with E-state index in [1.165, 1.54) is 0 Å². The Hall–Kier alpha value is -3.39. The van der Waals surface area contributed by atoms with Crippen LogP contribution in [-0.4, -0.2) is 27.4 Å². The summed E-state index contributed by atoms with van der Waals surface area (Å²) < 4.78 is 6.34. The van der Waals surface area contributed by atoms with Crippen LogP contribution in [0.2, 0.25) is 10.0 Å². The van der Waals surface area contributed by atoms with Crippen LogP contribution < -0.4 is 10.6 Å². The quantitative estimate of drug-likeness (QED) is 0.220. The van der Waals surface area contributed by atoms with Crippen LogP contribution in [0.4, 0.5) is 5.69 Å². The van der Waals surface area contributed by atoms with Gasteiger partial charge in [0.05, 0.1) is 21.8 Å². The van der Waals surface area contributed by atoms with E-state index in [1.54, 1.807) is 18.3 Å². The lowest BCUT2D eigenvalue weighted by molar-refractivity contribution is -0.116. The summed E-state index contributed by atoms with van der Waals surface area (Å²) in [5.41, 5.74) is 3.57. The van der Waals surface area contributed by atoms with Crippen molar-refractivity contribution in [3.63, 3.8) is 0 Å². The van der Waals surface area contributed by atoms with Gasteiger partial charge >= 0.3 is 0 Å². The molecule has 0 bridgehead atoms. The first-order valence-electron chi connectivity index (χ1n) is 12.4. The lowest BCUT2D eigenvalue weighted by Gasteiger charge is -2.26. The predicted molar refractivity (Wildman–Crippen MR) is 155 cm³/mol. The molecule has 5 rings (SSSR count). The van der Waals surface area contributed by atoms with Gasteiger partial charge in [-0.15, -0.1) is 0 Å². The smallest absolute Gasteiger partial charge is 0.226 e. The average molecular weight is 566 g/mol. The van der Waals surface area contributed by atoms with Gasteiger partial charge < -0.3 is 20.0 Å². The van der Waals surface area contributed by atoms with Gasteiger partial charge in [-0.1, -0.05) is 54.4 Å². The number of carbonyl (C=O) groups is 1. The summed E-state index contributed by atoms with van der Waals surface area (Å²) in [4.78, 5) is 19.5.